The number of benzene rings is 2. The zero-order valence-corrected chi connectivity index (χ0v) is 21.5. The van der Waals surface area contributed by atoms with Crippen LogP contribution in [0.2, 0.25) is 0 Å². The first-order chi connectivity index (χ1) is 19.5. The Morgan fingerprint density at radius 1 is 0.829 bits per heavy atom. The van der Waals surface area contributed by atoms with Gasteiger partial charge in [-0.05, 0) is 31.2 Å². The van der Waals surface area contributed by atoms with Crippen LogP contribution in [0.3, 0.4) is 0 Å². The Morgan fingerprint density at radius 2 is 1.54 bits per heavy atom. The van der Waals surface area contributed by atoms with Crippen molar-refractivity contribution in [2.45, 2.75) is 68.3 Å². The molecule has 2 aliphatic rings. The van der Waals surface area contributed by atoms with Crippen LogP contribution < -0.4 is 10.2 Å². The summed E-state index contributed by atoms with van der Waals surface area (Å²) in [4.78, 5) is 12.8. The minimum atomic E-state index is -1.76. The van der Waals surface area contributed by atoms with Crippen LogP contribution >= 0.6 is 0 Å². The van der Waals surface area contributed by atoms with Crippen molar-refractivity contribution in [2.24, 2.45) is 0 Å². The highest BCUT2D eigenvalue weighted by atomic mass is 16.8. The van der Waals surface area contributed by atoms with Gasteiger partial charge in [-0.3, -0.25) is 4.79 Å². The molecule has 0 radical (unpaired) electrons. The predicted octanol–water partition coefficient (Wildman–Crippen LogP) is -1.10. The third-order valence-corrected chi connectivity index (χ3v) is 7.11. The Morgan fingerprint density at radius 3 is 2.22 bits per heavy atom. The minimum absolute atomic E-state index is 0.00857. The summed E-state index contributed by atoms with van der Waals surface area (Å²) in [7, 11) is 0. The number of hydrogen-bond acceptors (Lipinski definition) is 14. The number of fused-ring (bicyclic) bond motifs is 1. The maximum absolute atomic E-state index is 12.8. The number of aromatic hydroxyl groups is 2. The van der Waals surface area contributed by atoms with Gasteiger partial charge in [-0.25, -0.2) is 0 Å². The van der Waals surface area contributed by atoms with Gasteiger partial charge in [0, 0.05) is 23.8 Å². The molecule has 14 heteroatoms. The molecule has 2 aliphatic heterocycles. The fraction of sp³-hybridized carbons (Fsp3) is 0.444. The summed E-state index contributed by atoms with van der Waals surface area (Å²) >= 11 is 0. The van der Waals surface area contributed by atoms with Gasteiger partial charge in [-0.2, -0.15) is 0 Å². The first kappa shape index (κ1) is 29.2. The summed E-state index contributed by atoms with van der Waals surface area (Å²) in [5, 5.41) is 81.4. The molecule has 0 amide bonds. The van der Waals surface area contributed by atoms with Gasteiger partial charge < -0.3 is 64.2 Å². The molecule has 0 bridgehead atoms. The first-order valence-corrected chi connectivity index (χ1v) is 12.7. The molecule has 0 aliphatic carbocycles. The highest BCUT2D eigenvalue weighted by Crippen LogP contribution is 2.35. The minimum Gasteiger partial charge on any atom is -0.508 e. The maximum atomic E-state index is 12.8. The maximum Gasteiger partial charge on any atom is 0.229 e. The van der Waals surface area contributed by atoms with Gasteiger partial charge in [-0.15, -0.1) is 0 Å². The smallest absolute Gasteiger partial charge is 0.229 e. The molecule has 0 unspecified atom stereocenters. The Hall–Kier alpha value is -3.31. The average molecular weight is 579 g/mol. The summed E-state index contributed by atoms with van der Waals surface area (Å²) in [6.45, 7) is 0.704. The molecule has 0 saturated carbocycles. The Balaban J connectivity index is 1.47. The Kier molecular flexibility index (Phi) is 8.20. The molecule has 3 aromatic rings. The van der Waals surface area contributed by atoms with E-state index in [1.165, 1.54) is 43.3 Å². The average Bonchev–Trinajstić information content (AvgIpc) is 2.94. The summed E-state index contributed by atoms with van der Waals surface area (Å²) in [6, 6.07) is 9.38. The van der Waals surface area contributed by atoms with Crippen LogP contribution in [0.15, 0.2) is 51.7 Å². The van der Waals surface area contributed by atoms with E-state index in [0.29, 0.717) is 5.56 Å². The van der Waals surface area contributed by atoms with Crippen molar-refractivity contribution in [1.29, 1.82) is 0 Å². The van der Waals surface area contributed by atoms with Crippen molar-refractivity contribution in [2.75, 3.05) is 6.61 Å². The monoisotopic (exact) mass is 578 g/mol. The number of phenolic OH excluding ortho intramolecular Hbond substituents is 2. The quantitative estimate of drug-likeness (QED) is 0.174. The molecule has 0 spiro atoms. The molecule has 5 rings (SSSR count). The van der Waals surface area contributed by atoms with Gasteiger partial charge in [0.25, 0.3) is 0 Å². The van der Waals surface area contributed by atoms with Crippen molar-refractivity contribution in [1.82, 2.24) is 0 Å². The second kappa shape index (κ2) is 11.5. The van der Waals surface area contributed by atoms with Gasteiger partial charge in [0.1, 0.15) is 70.6 Å². The van der Waals surface area contributed by atoms with Crippen molar-refractivity contribution in [3.8, 4) is 28.6 Å². The zero-order chi connectivity index (χ0) is 29.6. The van der Waals surface area contributed by atoms with Crippen LogP contribution in [-0.4, -0.2) is 109 Å². The molecule has 2 saturated heterocycles. The van der Waals surface area contributed by atoms with E-state index < -0.39 is 79.2 Å². The standard InChI is InChI=1S/C27H30O14/c1-10-20(32)22(34)24(36)26(37-10)41-25-23(35)21(33)18(9-28)40-27(25)38-13-6-14(30)19-15(31)8-16(39-17(19)7-13)11-2-4-12(29)5-3-11/h2-8,10,18,20-30,32-36H,9H2,1H3/t10-,18-,20-,21-,22+,23+,24+,25-,26+,27-/m1/s1. The number of hydrogen-bond donors (Lipinski definition) is 8. The van der Waals surface area contributed by atoms with E-state index in [2.05, 4.69) is 0 Å². The fourth-order valence-corrected chi connectivity index (χ4v) is 4.79. The van der Waals surface area contributed by atoms with Crippen molar-refractivity contribution < 1.29 is 64.2 Å². The van der Waals surface area contributed by atoms with Crippen molar-refractivity contribution >= 4 is 11.0 Å². The number of ether oxygens (including phenoxy) is 4. The normalized spacial score (nSPS) is 34.0. The van der Waals surface area contributed by atoms with Gasteiger partial charge in [0.15, 0.2) is 17.8 Å². The molecular formula is C27H30O14. The van der Waals surface area contributed by atoms with E-state index in [4.69, 9.17) is 23.4 Å². The third-order valence-electron chi connectivity index (χ3n) is 7.11. The van der Waals surface area contributed by atoms with Crippen LogP contribution in [0.25, 0.3) is 22.3 Å². The second-order valence-corrected chi connectivity index (χ2v) is 9.94. The Labute approximate surface area is 231 Å². The van der Waals surface area contributed by atoms with Gasteiger partial charge in [0.2, 0.25) is 6.29 Å². The summed E-state index contributed by atoms with van der Waals surface area (Å²) in [5.41, 5.74) is -0.182. The lowest BCUT2D eigenvalue weighted by molar-refractivity contribution is -0.354. The molecule has 1 aromatic heterocycles. The molecule has 14 nitrogen and oxygen atoms in total. The van der Waals surface area contributed by atoms with Crippen LogP contribution in [-0.2, 0) is 14.2 Å². The molecule has 10 atom stereocenters. The highest BCUT2D eigenvalue weighted by Gasteiger charge is 2.50. The number of rotatable bonds is 6. The van der Waals surface area contributed by atoms with Crippen LogP contribution in [0.4, 0.5) is 0 Å². The Bertz CT molecular complexity index is 1420. The van der Waals surface area contributed by atoms with E-state index in [1.807, 2.05) is 0 Å². The molecule has 8 N–H and O–H groups in total. The van der Waals surface area contributed by atoms with E-state index in [0.717, 1.165) is 6.07 Å². The number of aliphatic hydroxyl groups is 6. The van der Waals surface area contributed by atoms with Gasteiger partial charge in [-0.1, -0.05) is 0 Å². The van der Waals surface area contributed by atoms with Gasteiger partial charge in [0.05, 0.1) is 12.7 Å². The van der Waals surface area contributed by atoms with E-state index in [9.17, 15) is 45.6 Å². The predicted molar refractivity (Wildman–Crippen MR) is 137 cm³/mol. The zero-order valence-electron chi connectivity index (χ0n) is 21.5. The van der Waals surface area contributed by atoms with Crippen LogP contribution in [0.5, 0.6) is 17.2 Å². The summed E-state index contributed by atoms with van der Waals surface area (Å²) in [6.07, 6.45) is -15.3. The molecule has 2 aromatic carbocycles. The number of phenols is 2. The van der Waals surface area contributed by atoms with Crippen LogP contribution in [0, 0.1) is 0 Å². The molecule has 41 heavy (non-hydrogen) atoms. The lowest BCUT2D eigenvalue weighted by atomic mass is 9.97. The second-order valence-electron chi connectivity index (χ2n) is 9.94. The SMILES string of the molecule is C[C@H]1O[C@@H](O[C@H]2[C@H](Oc3cc(O)c4c(=O)cc(-c5ccc(O)cc5)oc4c3)O[C@H](CO)[C@@H](O)[C@@H]2O)[C@@H](O)[C@@H](O)[C@@H]1O. The van der Waals surface area contributed by atoms with Crippen LogP contribution in [0.1, 0.15) is 6.92 Å². The summed E-state index contributed by atoms with van der Waals surface area (Å²) in [5.74, 6) is -0.498. The first-order valence-electron chi connectivity index (χ1n) is 12.7. The summed E-state index contributed by atoms with van der Waals surface area (Å²) < 4.78 is 28.4. The van der Waals surface area contributed by atoms with Gasteiger partial charge >= 0.3 is 0 Å². The number of aliphatic hydroxyl groups excluding tert-OH is 6. The van der Waals surface area contributed by atoms with E-state index in [-0.39, 0.29) is 28.2 Å². The fourth-order valence-electron chi connectivity index (χ4n) is 4.79. The van der Waals surface area contributed by atoms with Crippen molar-refractivity contribution in [3.63, 3.8) is 0 Å². The molecule has 2 fully saturated rings. The molecular weight excluding hydrogens is 548 g/mol. The highest BCUT2D eigenvalue weighted by molar-refractivity contribution is 5.86. The topological polar surface area (TPSA) is 229 Å². The largest absolute Gasteiger partial charge is 0.508 e. The van der Waals surface area contributed by atoms with E-state index in [1.54, 1.807) is 0 Å². The lowest BCUT2D eigenvalue weighted by Crippen LogP contribution is -2.64. The molecule has 222 valence electrons. The van der Waals surface area contributed by atoms with Crippen molar-refractivity contribution in [3.05, 3.63) is 52.7 Å². The lowest BCUT2D eigenvalue weighted by Gasteiger charge is -2.45. The van der Waals surface area contributed by atoms with E-state index >= 15 is 0 Å². The molecule has 3 heterocycles. The third kappa shape index (κ3) is 5.61.